The van der Waals surface area contributed by atoms with E-state index in [-0.39, 0.29) is 19.2 Å². The highest BCUT2D eigenvalue weighted by Crippen LogP contribution is 2.21. The van der Waals surface area contributed by atoms with Gasteiger partial charge in [-0.3, -0.25) is 0 Å². The first-order chi connectivity index (χ1) is 10.0. The summed E-state index contributed by atoms with van der Waals surface area (Å²) in [7, 11) is -1.88. The van der Waals surface area contributed by atoms with Crippen molar-refractivity contribution < 1.29 is 13.5 Å². The summed E-state index contributed by atoms with van der Waals surface area (Å²) in [6, 6.07) is 7.54. The van der Waals surface area contributed by atoms with Crippen LogP contribution in [0.15, 0.2) is 24.3 Å². The van der Waals surface area contributed by atoms with Gasteiger partial charge in [-0.2, -0.15) is 17.4 Å². The van der Waals surface area contributed by atoms with Gasteiger partial charge in [0.15, 0.2) is 0 Å². The molecule has 1 aliphatic carbocycles. The predicted molar refractivity (Wildman–Crippen MR) is 81.6 cm³/mol. The fourth-order valence-corrected chi connectivity index (χ4v) is 2.97. The maximum atomic E-state index is 12.1. The quantitative estimate of drug-likeness (QED) is 0.766. The van der Waals surface area contributed by atoms with Gasteiger partial charge in [0.05, 0.1) is 6.61 Å². The van der Waals surface area contributed by atoms with Crippen LogP contribution in [0.5, 0.6) is 0 Å². The molecule has 0 atom stereocenters. The van der Waals surface area contributed by atoms with Gasteiger partial charge in [-0.25, -0.2) is 0 Å². The predicted octanol–water partition coefficient (Wildman–Crippen LogP) is 0.849. The van der Waals surface area contributed by atoms with Crippen LogP contribution >= 0.6 is 0 Å². The van der Waals surface area contributed by atoms with Crippen LogP contribution < -0.4 is 4.72 Å². The lowest BCUT2D eigenvalue weighted by atomic mass is 10.1. The molecule has 0 radical (unpaired) electrons. The summed E-state index contributed by atoms with van der Waals surface area (Å²) in [6.07, 6.45) is 2.23. The molecule has 2 rings (SSSR count). The van der Waals surface area contributed by atoms with Crippen molar-refractivity contribution in [1.29, 1.82) is 0 Å². The van der Waals surface area contributed by atoms with Crippen LogP contribution in [-0.2, 0) is 16.8 Å². The van der Waals surface area contributed by atoms with Gasteiger partial charge in [0.1, 0.15) is 0 Å². The maximum absolute atomic E-state index is 12.1. The summed E-state index contributed by atoms with van der Waals surface area (Å²) < 4.78 is 28.2. The minimum atomic E-state index is -3.44. The van der Waals surface area contributed by atoms with E-state index in [1.807, 2.05) is 24.3 Å². The Hall–Kier alpha value is -1.39. The van der Waals surface area contributed by atoms with Gasteiger partial charge in [-0.05, 0) is 24.5 Å². The van der Waals surface area contributed by atoms with E-state index in [1.54, 1.807) is 7.05 Å². The molecule has 0 aliphatic heterocycles. The molecule has 114 valence electrons. The van der Waals surface area contributed by atoms with Gasteiger partial charge in [0, 0.05) is 31.6 Å². The standard InChI is InChI=1S/C15H20N2O3S/c1-17(21(19,20)16-15-9-10-15)12-14-8-3-2-6-13(14)7-4-5-11-18/h2-3,6,8,15-16,18H,5,9-12H2,1H3. The number of hydrogen-bond acceptors (Lipinski definition) is 3. The lowest BCUT2D eigenvalue weighted by Gasteiger charge is -2.18. The first kappa shape index (κ1) is 16.0. The van der Waals surface area contributed by atoms with Crippen LogP contribution in [0.2, 0.25) is 0 Å². The number of aliphatic hydroxyl groups excluding tert-OH is 1. The molecule has 21 heavy (non-hydrogen) atoms. The van der Waals surface area contributed by atoms with Gasteiger partial charge in [-0.15, -0.1) is 0 Å². The lowest BCUT2D eigenvalue weighted by Crippen LogP contribution is -2.39. The summed E-state index contributed by atoms with van der Waals surface area (Å²) in [5.74, 6) is 5.83. The van der Waals surface area contributed by atoms with Crippen molar-refractivity contribution in [2.75, 3.05) is 13.7 Å². The molecule has 0 spiro atoms. The third-order valence-electron chi connectivity index (χ3n) is 3.17. The Morgan fingerprint density at radius 3 is 2.76 bits per heavy atom. The molecule has 0 heterocycles. The highest BCUT2D eigenvalue weighted by Gasteiger charge is 2.29. The van der Waals surface area contributed by atoms with Crippen molar-refractivity contribution in [1.82, 2.24) is 9.03 Å². The Kier molecular flexibility index (Phi) is 5.37. The molecule has 0 aromatic heterocycles. The topological polar surface area (TPSA) is 69.6 Å². The number of nitrogens with one attached hydrogen (secondary N) is 1. The van der Waals surface area contributed by atoms with Crippen molar-refractivity contribution in [3.05, 3.63) is 35.4 Å². The molecule has 1 aromatic rings. The van der Waals surface area contributed by atoms with Crippen molar-refractivity contribution in [2.45, 2.75) is 31.8 Å². The number of hydrogen-bond donors (Lipinski definition) is 2. The Balaban J connectivity index is 2.10. The number of nitrogens with zero attached hydrogens (tertiary/aromatic N) is 1. The zero-order valence-electron chi connectivity index (χ0n) is 12.0. The Bertz CT molecular complexity index is 642. The summed E-state index contributed by atoms with van der Waals surface area (Å²) in [5.41, 5.74) is 1.64. The molecular weight excluding hydrogens is 288 g/mol. The summed E-state index contributed by atoms with van der Waals surface area (Å²) in [4.78, 5) is 0. The molecule has 0 bridgehead atoms. The molecule has 0 unspecified atom stereocenters. The van der Waals surface area contributed by atoms with Gasteiger partial charge in [0.2, 0.25) is 0 Å². The van der Waals surface area contributed by atoms with E-state index < -0.39 is 10.2 Å². The first-order valence-corrected chi connectivity index (χ1v) is 8.38. The summed E-state index contributed by atoms with van der Waals surface area (Å²) in [6.45, 7) is 0.292. The minimum Gasteiger partial charge on any atom is -0.395 e. The van der Waals surface area contributed by atoms with E-state index in [9.17, 15) is 8.42 Å². The molecule has 0 saturated heterocycles. The van der Waals surface area contributed by atoms with Gasteiger partial charge in [0.25, 0.3) is 10.2 Å². The number of rotatable bonds is 6. The summed E-state index contributed by atoms with van der Waals surface area (Å²) in [5, 5.41) is 8.76. The maximum Gasteiger partial charge on any atom is 0.279 e. The molecule has 2 N–H and O–H groups in total. The van der Waals surface area contributed by atoms with Crippen LogP contribution in [0.3, 0.4) is 0 Å². The van der Waals surface area contributed by atoms with Gasteiger partial charge in [-0.1, -0.05) is 30.0 Å². The zero-order chi connectivity index (χ0) is 15.3. The summed E-state index contributed by atoms with van der Waals surface area (Å²) >= 11 is 0. The molecule has 1 aromatic carbocycles. The molecule has 6 heteroatoms. The van der Waals surface area contributed by atoms with Crippen molar-refractivity contribution in [3.8, 4) is 11.8 Å². The second kappa shape index (κ2) is 7.05. The third kappa shape index (κ3) is 4.83. The number of aliphatic hydroxyl groups is 1. The second-order valence-corrected chi connectivity index (χ2v) is 6.89. The van der Waals surface area contributed by atoms with E-state index in [4.69, 9.17) is 5.11 Å². The molecule has 1 aliphatic rings. The Morgan fingerprint density at radius 2 is 2.10 bits per heavy atom. The van der Waals surface area contributed by atoms with E-state index >= 15 is 0 Å². The van der Waals surface area contributed by atoms with Gasteiger partial charge < -0.3 is 5.11 Å². The largest absolute Gasteiger partial charge is 0.395 e. The minimum absolute atomic E-state index is 0.0226. The molecule has 0 amide bonds. The smallest absolute Gasteiger partial charge is 0.279 e. The average molecular weight is 308 g/mol. The molecule has 1 fully saturated rings. The van der Waals surface area contributed by atoms with Crippen molar-refractivity contribution >= 4 is 10.2 Å². The van der Waals surface area contributed by atoms with E-state index in [0.717, 1.165) is 24.0 Å². The molecular formula is C15H20N2O3S. The van der Waals surface area contributed by atoms with Crippen LogP contribution in [0.1, 0.15) is 30.4 Å². The normalized spacial score (nSPS) is 14.8. The fraction of sp³-hybridized carbons (Fsp3) is 0.467. The highest BCUT2D eigenvalue weighted by atomic mass is 32.2. The fourth-order valence-electron chi connectivity index (χ4n) is 1.82. The van der Waals surface area contributed by atoms with Crippen LogP contribution in [0.4, 0.5) is 0 Å². The molecule has 1 saturated carbocycles. The van der Waals surface area contributed by atoms with Crippen LogP contribution in [0, 0.1) is 11.8 Å². The Labute approximate surface area is 126 Å². The first-order valence-electron chi connectivity index (χ1n) is 6.94. The van der Waals surface area contributed by atoms with E-state index in [2.05, 4.69) is 16.6 Å². The molecule has 5 nitrogen and oxygen atoms in total. The lowest BCUT2D eigenvalue weighted by molar-refractivity contribution is 0.305. The SMILES string of the molecule is CN(Cc1ccccc1C#CCCO)S(=O)(=O)NC1CC1. The van der Waals surface area contributed by atoms with E-state index in [0.29, 0.717) is 6.42 Å². The van der Waals surface area contributed by atoms with Crippen molar-refractivity contribution in [2.24, 2.45) is 0 Å². The van der Waals surface area contributed by atoms with Crippen molar-refractivity contribution in [3.63, 3.8) is 0 Å². The average Bonchev–Trinajstić information content (AvgIpc) is 3.24. The van der Waals surface area contributed by atoms with E-state index in [1.165, 1.54) is 4.31 Å². The second-order valence-electron chi connectivity index (χ2n) is 5.09. The number of benzene rings is 1. The van der Waals surface area contributed by atoms with Crippen LogP contribution in [0.25, 0.3) is 0 Å². The monoisotopic (exact) mass is 308 g/mol. The highest BCUT2D eigenvalue weighted by molar-refractivity contribution is 7.87. The zero-order valence-corrected chi connectivity index (χ0v) is 12.9. The van der Waals surface area contributed by atoms with Crippen LogP contribution in [-0.4, -0.2) is 37.5 Å². The third-order valence-corrected chi connectivity index (χ3v) is 4.75. The van der Waals surface area contributed by atoms with Gasteiger partial charge >= 0.3 is 0 Å². The Morgan fingerprint density at radius 1 is 1.38 bits per heavy atom.